The molecule has 2 aromatic rings. The summed E-state index contributed by atoms with van der Waals surface area (Å²) in [5.41, 5.74) is 2.20. The summed E-state index contributed by atoms with van der Waals surface area (Å²) in [5, 5.41) is 7.31. The Labute approximate surface area is 159 Å². The van der Waals surface area contributed by atoms with Gasteiger partial charge in [-0.25, -0.2) is 4.99 Å². The monoisotopic (exact) mass is 444 g/mol. The Bertz CT molecular complexity index is 587. The highest BCUT2D eigenvalue weighted by Gasteiger charge is 1.99. The molecule has 0 unspecified atom stereocenters. The maximum absolute atomic E-state index is 5.88. The van der Waals surface area contributed by atoms with E-state index in [1.165, 1.54) is 0 Å². The van der Waals surface area contributed by atoms with Crippen molar-refractivity contribution >= 4 is 41.5 Å². The second-order valence-electron chi connectivity index (χ2n) is 4.82. The van der Waals surface area contributed by atoms with Crippen LogP contribution >= 0.6 is 35.6 Å². The summed E-state index contributed by atoms with van der Waals surface area (Å²) in [6.07, 6.45) is 2.68. The van der Waals surface area contributed by atoms with Gasteiger partial charge in [-0.2, -0.15) is 0 Å². The molecule has 2 rings (SSSR count). The van der Waals surface area contributed by atoms with E-state index in [-0.39, 0.29) is 24.0 Å². The molecule has 124 valence electrons. The van der Waals surface area contributed by atoms with Gasteiger partial charge in [-0.1, -0.05) is 29.8 Å². The van der Waals surface area contributed by atoms with Gasteiger partial charge in [-0.05, 0) is 36.8 Å². The molecule has 0 spiro atoms. The van der Waals surface area contributed by atoms with Crippen molar-refractivity contribution in [2.45, 2.75) is 19.9 Å². The first-order valence-corrected chi connectivity index (χ1v) is 7.82. The van der Waals surface area contributed by atoms with Crippen molar-refractivity contribution in [3.05, 3.63) is 64.9 Å². The first-order valence-electron chi connectivity index (χ1n) is 7.44. The van der Waals surface area contributed by atoms with Crippen LogP contribution in [0.1, 0.15) is 18.2 Å². The van der Waals surface area contributed by atoms with Crippen LogP contribution in [0.4, 0.5) is 0 Å². The van der Waals surface area contributed by atoms with Gasteiger partial charge in [0.2, 0.25) is 0 Å². The molecule has 6 heteroatoms. The van der Waals surface area contributed by atoms with Crippen LogP contribution in [0.25, 0.3) is 0 Å². The third-order valence-electron chi connectivity index (χ3n) is 3.08. The zero-order chi connectivity index (χ0) is 15.6. The van der Waals surface area contributed by atoms with Gasteiger partial charge >= 0.3 is 0 Å². The van der Waals surface area contributed by atoms with Crippen molar-refractivity contribution in [1.82, 2.24) is 15.6 Å². The SMILES string of the molecule is CCNC(=NCc1ccc(Cl)cc1)NCCc1ccccn1.I. The van der Waals surface area contributed by atoms with Crippen LogP contribution in [0, 0.1) is 0 Å². The predicted molar refractivity (Wildman–Crippen MR) is 108 cm³/mol. The van der Waals surface area contributed by atoms with E-state index in [1.807, 2.05) is 48.7 Å². The lowest BCUT2D eigenvalue weighted by molar-refractivity contribution is 0.788. The number of rotatable bonds is 6. The fourth-order valence-corrected chi connectivity index (χ4v) is 2.08. The molecule has 4 nitrogen and oxygen atoms in total. The standard InChI is InChI=1S/C17H21ClN4.HI/c1-2-19-17(21-12-10-16-5-3-4-11-20-16)22-13-14-6-8-15(18)9-7-14;/h3-9,11H,2,10,12-13H2,1H3,(H2,19,21,22);1H. The average Bonchev–Trinajstić information content (AvgIpc) is 2.55. The molecule has 1 heterocycles. The molecule has 0 aliphatic rings. The van der Waals surface area contributed by atoms with E-state index < -0.39 is 0 Å². The van der Waals surface area contributed by atoms with E-state index in [2.05, 4.69) is 27.5 Å². The number of pyridine rings is 1. The molecule has 0 saturated carbocycles. The fraction of sp³-hybridized carbons (Fsp3) is 0.294. The number of guanidine groups is 1. The molecule has 0 radical (unpaired) electrons. The maximum atomic E-state index is 5.88. The zero-order valence-corrected chi connectivity index (χ0v) is 16.2. The number of benzene rings is 1. The lowest BCUT2D eigenvalue weighted by atomic mass is 10.2. The lowest BCUT2D eigenvalue weighted by Crippen LogP contribution is -2.38. The summed E-state index contributed by atoms with van der Waals surface area (Å²) in [6.45, 7) is 4.30. The number of aromatic nitrogens is 1. The normalized spacial score (nSPS) is 10.8. The van der Waals surface area contributed by atoms with Gasteiger partial charge in [0.1, 0.15) is 0 Å². The highest BCUT2D eigenvalue weighted by atomic mass is 127. The fourth-order valence-electron chi connectivity index (χ4n) is 1.96. The maximum Gasteiger partial charge on any atom is 0.191 e. The van der Waals surface area contributed by atoms with E-state index in [0.29, 0.717) is 6.54 Å². The van der Waals surface area contributed by atoms with Gasteiger partial charge in [0.05, 0.1) is 6.54 Å². The lowest BCUT2D eigenvalue weighted by Gasteiger charge is -2.11. The van der Waals surface area contributed by atoms with E-state index >= 15 is 0 Å². The minimum Gasteiger partial charge on any atom is -0.357 e. The molecule has 0 fully saturated rings. The molecule has 0 amide bonds. The summed E-state index contributed by atoms with van der Waals surface area (Å²) in [6, 6.07) is 13.7. The Morgan fingerprint density at radius 2 is 1.91 bits per heavy atom. The van der Waals surface area contributed by atoms with Crippen molar-refractivity contribution in [2.75, 3.05) is 13.1 Å². The number of aliphatic imine (C=N–C) groups is 1. The quantitative estimate of drug-likeness (QED) is 0.406. The minimum absolute atomic E-state index is 0. The third kappa shape index (κ3) is 7.65. The van der Waals surface area contributed by atoms with Crippen molar-refractivity contribution in [2.24, 2.45) is 4.99 Å². The largest absolute Gasteiger partial charge is 0.357 e. The van der Waals surface area contributed by atoms with Crippen LogP contribution in [-0.2, 0) is 13.0 Å². The number of nitrogens with zero attached hydrogens (tertiary/aromatic N) is 2. The third-order valence-corrected chi connectivity index (χ3v) is 3.33. The molecular weight excluding hydrogens is 423 g/mol. The van der Waals surface area contributed by atoms with E-state index in [9.17, 15) is 0 Å². The molecule has 0 saturated heterocycles. The van der Waals surface area contributed by atoms with E-state index in [4.69, 9.17) is 11.6 Å². The number of hydrogen-bond donors (Lipinski definition) is 2. The van der Waals surface area contributed by atoms with Crippen LogP contribution in [0.3, 0.4) is 0 Å². The Hall–Kier alpha value is -1.34. The Morgan fingerprint density at radius 1 is 1.13 bits per heavy atom. The number of halogens is 2. The molecule has 0 aliphatic heterocycles. The van der Waals surface area contributed by atoms with Crippen LogP contribution in [0.5, 0.6) is 0 Å². The van der Waals surface area contributed by atoms with Gasteiger partial charge in [-0.15, -0.1) is 24.0 Å². The van der Waals surface area contributed by atoms with Gasteiger partial charge in [-0.3, -0.25) is 4.98 Å². The van der Waals surface area contributed by atoms with Crippen molar-refractivity contribution < 1.29 is 0 Å². The predicted octanol–water partition coefficient (Wildman–Crippen LogP) is 3.65. The highest BCUT2D eigenvalue weighted by molar-refractivity contribution is 14.0. The first kappa shape index (κ1) is 19.7. The van der Waals surface area contributed by atoms with Gasteiger partial charge in [0.25, 0.3) is 0 Å². The summed E-state index contributed by atoms with van der Waals surface area (Å²) in [5.74, 6) is 0.813. The first-order chi connectivity index (χ1) is 10.8. The van der Waals surface area contributed by atoms with Crippen LogP contribution in [0.15, 0.2) is 53.7 Å². The molecule has 1 aromatic heterocycles. The molecule has 23 heavy (non-hydrogen) atoms. The van der Waals surface area contributed by atoms with Crippen LogP contribution in [0.2, 0.25) is 5.02 Å². The molecule has 1 aromatic carbocycles. The number of nitrogens with one attached hydrogen (secondary N) is 2. The molecule has 2 N–H and O–H groups in total. The Balaban J connectivity index is 0.00000264. The van der Waals surface area contributed by atoms with Gasteiger partial charge in [0, 0.05) is 36.4 Å². The van der Waals surface area contributed by atoms with Crippen molar-refractivity contribution in [1.29, 1.82) is 0 Å². The zero-order valence-electron chi connectivity index (χ0n) is 13.1. The highest BCUT2D eigenvalue weighted by Crippen LogP contribution is 2.10. The Kier molecular flexibility index (Phi) is 9.63. The summed E-state index contributed by atoms with van der Waals surface area (Å²) in [4.78, 5) is 8.89. The van der Waals surface area contributed by atoms with Crippen LogP contribution < -0.4 is 10.6 Å². The molecule has 0 atom stereocenters. The second-order valence-corrected chi connectivity index (χ2v) is 5.26. The number of hydrogen-bond acceptors (Lipinski definition) is 2. The smallest absolute Gasteiger partial charge is 0.191 e. The minimum atomic E-state index is 0. The molecule has 0 aliphatic carbocycles. The topological polar surface area (TPSA) is 49.3 Å². The average molecular weight is 445 g/mol. The summed E-state index contributed by atoms with van der Waals surface area (Å²) < 4.78 is 0. The van der Waals surface area contributed by atoms with Gasteiger partial charge in [0.15, 0.2) is 5.96 Å². The molecular formula is C17H22ClIN4. The Morgan fingerprint density at radius 3 is 2.57 bits per heavy atom. The van der Waals surface area contributed by atoms with Crippen LogP contribution in [-0.4, -0.2) is 24.0 Å². The summed E-state index contributed by atoms with van der Waals surface area (Å²) >= 11 is 5.88. The molecule has 0 bridgehead atoms. The van der Waals surface area contributed by atoms with Gasteiger partial charge < -0.3 is 10.6 Å². The van der Waals surface area contributed by atoms with E-state index in [0.717, 1.165) is 41.7 Å². The second kappa shape index (κ2) is 11.2. The van der Waals surface area contributed by atoms with Crippen molar-refractivity contribution in [3.63, 3.8) is 0 Å². The summed E-state index contributed by atoms with van der Waals surface area (Å²) in [7, 11) is 0. The van der Waals surface area contributed by atoms with E-state index in [1.54, 1.807) is 0 Å². The van der Waals surface area contributed by atoms with Crippen molar-refractivity contribution in [3.8, 4) is 0 Å².